The van der Waals surface area contributed by atoms with Crippen LogP contribution in [0.5, 0.6) is 0 Å². The van der Waals surface area contributed by atoms with Crippen LogP contribution in [0.3, 0.4) is 0 Å². The number of H-pyrrole nitrogens is 1. The van der Waals surface area contributed by atoms with E-state index in [0.29, 0.717) is 39.4 Å². The van der Waals surface area contributed by atoms with Gasteiger partial charge in [-0.05, 0) is 55.7 Å². The van der Waals surface area contributed by atoms with E-state index in [1.54, 1.807) is 16.8 Å². The minimum Gasteiger partial charge on any atom is -0.481 e. The molecule has 7 rings (SSSR count). The van der Waals surface area contributed by atoms with Crippen LogP contribution in [0, 0.1) is 35.9 Å². The molecule has 0 saturated heterocycles. The topological polar surface area (TPSA) is 108 Å². The summed E-state index contributed by atoms with van der Waals surface area (Å²) in [5.74, 6) is 2.21. The Morgan fingerprint density at radius 3 is 2.82 bits per heavy atom. The van der Waals surface area contributed by atoms with Crippen molar-refractivity contribution >= 4 is 28.3 Å². The molecule has 0 unspecified atom stereocenters. The molecule has 4 aromatic rings. The zero-order valence-electron chi connectivity index (χ0n) is 17.6. The van der Waals surface area contributed by atoms with Gasteiger partial charge in [-0.3, -0.25) is 4.79 Å². The fourth-order valence-corrected chi connectivity index (χ4v) is 5.66. The summed E-state index contributed by atoms with van der Waals surface area (Å²) in [6, 6.07) is 4.76. The second-order valence-corrected chi connectivity index (χ2v) is 8.91. The number of carboxylic acid groups (broad SMARTS) is 1. The van der Waals surface area contributed by atoms with Crippen molar-refractivity contribution in [2.45, 2.75) is 31.7 Å². The molecule has 0 aromatic carbocycles. The molecule has 0 aliphatic heterocycles. The van der Waals surface area contributed by atoms with E-state index in [1.165, 1.54) is 6.07 Å². The Kier molecular flexibility index (Phi) is 4.37. The van der Waals surface area contributed by atoms with Crippen molar-refractivity contribution in [2.24, 2.45) is 17.8 Å². The maximum absolute atomic E-state index is 13.9. The van der Waals surface area contributed by atoms with Gasteiger partial charge in [0.15, 0.2) is 11.6 Å². The number of aromatic amines is 1. The fourth-order valence-electron chi connectivity index (χ4n) is 5.66. The van der Waals surface area contributed by atoms with Crippen molar-refractivity contribution in [3.05, 3.63) is 42.1 Å². The number of hydrogen-bond acceptors (Lipinski definition) is 5. The Balaban J connectivity index is 1.50. The van der Waals surface area contributed by atoms with Gasteiger partial charge in [-0.2, -0.15) is 0 Å². The summed E-state index contributed by atoms with van der Waals surface area (Å²) in [7, 11) is 0. The molecule has 4 heterocycles. The van der Waals surface area contributed by atoms with Crippen LogP contribution >= 0.6 is 0 Å². The van der Waals surface area contributed by atoms with Crippen LogP contribution in [0.2, 0.25) is 0 Å². The predicted octanol–water partition coefficient (Wildman–Crippen LogP) is 3.69. The van der Waals surface area contributed by atoms with Crippen LogP contribution in [0.25, 0.3) is 27.9 Å². The van der Waals surface area contributed by atoms with E-state index in [4.69, 9.17) is 11.4 Å². The molecule has 3 fully saturated rings. The summed E-state index contributed by atoms with van der Waals surface area (Å²) in [5, 5.41) is 18.6. The minimum absolute atomic E-state index is 0.165. The molecule has 3 N–H and O–H groups in total. The fraction of sp³-hybridized carbons (Fsp3) is 0.333. The number of rotatable bonds is 4. The maximum atomic E-state index is 13.9. The van der Waals surface area contributed by atoms with Crippen LogP contribution in [0.4, 0.5) is 10.2 Å². The lowest BCUT2D eigenvalue weighted by Gasteiger charge is -2.47. The van der Waals surface area contributed by atoms with E-state index in [2.05, 4.69) is 26.3 Å². The van der Waals surface area contributed by atoms with Gasteiger partial charge in [0.05, 0.1) is 12.1 Å². The Bertz CT molecular complexity index is 1440. The van der Waals surface area contributed by atoms with Gasteiger partial charge in [-0.1, -0.05) is 5.92 Å². The number of aromatic nitrogens is 5. The summed E-state index contributed by atoms with van der Waals surface area (Å²) in [6.45, 7) is 0. The van der Waals surface area contributed by atoms with Gasteiger partial charge in [-0.15, -0.1) is 11.5 Å². The van der Waals surface area contributed by atoms with Crippen LogP contribution in [-0.4, -0.2) is 41.7 Å². The molecule has 8 nitrogen and oxygen atoms in total. The molecule has 4 aromatic heterocycles. The normalized spacial score (nSPS) is 24.2. The van der Waals surface area contributed by atoms with Crippen molar-refractivity contribution in [1.82, 2.24) is 24.6 Å². The van der Waals surface area contributed by atoms with Gasteiger partial charge in [0.2, 0.25) is 0 Å². The first-order valence-electron chi connectivity index (χ1n) is 11.0. The van der Waals surface area contributed by atoms with Gasteiger partial charge < -0.3 is 15.4 Å². The number of fused-ring (bicyclic) bond motifs is 5. The molecule has 166 valence electrons. The highest BCUT2D eigenvalue weighted by Crippen LogP contribution is 2.46. The number of carboxylic acids is 1. The first-order valence-corrected chi connectivity index (χ1v) is 11.0. The molecule has 3 aliphatic carbocycles. The second-order valence-electron chi connectivity index (χ2n) is 8.91. The van der Waals surface area contributed by atoms with Crippen LogP contribution in [0.1, 0.15) is 31.4 Å². The van der Waals surface area contributed by atoms with E-state index in [-0.39, 0.29) is 17.9 Å². The highest BCUT2D eigenvalue weighted by Gasteiger charge is 2.47. The highest BCUT2D eigenvalue weighted by molar-refractivity contribution is 5.92. The van der Waals surface area contributed by atoms with Crippen LogP contribution in [-0.2, 0) is 4.79 Å². The van der Waals surface area contributed by atoms with Crippen LogP contribution < -0.4 is 5.32 Å². The molecular weight excluding hydrogens is 423 g/mol. The molecule has 9 heteroatoms. The summed E-state index contributed by atoms with van der Waals surface area (Å²) >= 11 is 0. The monoisotopic (exact) mass is 444 g/mol. The molecule has 3 aliphatic rings. The van der Waals surface area contributed by atoms with Gasteiger partial charge in [0.25, 0.3) is 0 Å². The molecule has 0 amide bonds. The molecule has 0 radical (unpaired) electrons. The summed E-state index contributed by atoms with van der Waals surface area (Å²) < 4.78 is 15.5. The van der Waals surface area contributed by atoms with E-state index in [0.717, 1.165) is 31.9 Å². The van der Waals surface area contributed by atoms with Gasteiger partial charge in [-0.25, -0.2) is 18.9 Å². The lowest BCUT2D eigenvalue weighted by molar-refractivity contribution is -0.148. The summed E-state index contributed by atoms with van der Waals surface area (Å²) in [6.07, 6.45) is 12.4. The minimum atomic E-state index is -0.773. The third kappa shape index (κ3) is 3.05. The zero-order valence-corrected chi connectivity index (χ0v) is 17.6. The largest absolute Gasteiger partial charge is 0.481 e. The van der Waals surface area contributed by atoms with Crippen molar-refractivity contribution in [3.8, 4) is 23.7 Å². The lowest BCUT2D eigenvalue weighted by atomic mass is 9.61. The molecular formula is C24H21FN6O2. The number of halogens is 1. The zero-order chi connectivity index (χ0) is 22.7. The van der Waals surface area contributed by atoms with Crippen molar-refractivity contribution in [3.63, 3.8) is 0 Å². The number of terminal acetylenes is 1. The third-order valence-electron chi connectivity index (χ3n) is 7.20. The average Bonchev–Trinajstić information content (AvgIpc) is 3.43. The third-order valence-corrected chi connectivity index (χ3v) is 7.20. The first kappa shape index (κ1) is 19.7. The number of nitrogens with zero attached hydrogens (tertiary/aromatic N) is 4. The standard InChI is InChI=1S/C24H21FN6O2/c1-2-15-7-8-18-23(28-20-13-5-3-12(4-6-13)19(20)24(32)33)29-22(30-31(15)18)17-11-27-21-16(17)9-14(25)10-26-21/h1,7-13,19-20H,3-6H2,(H,26,27)(H,32,33)(H,28,29,30)/t12-,13+,19-,20-/m0/s1. The SMILES string of the molecule is C#Cc1ccc2c(N[C@H]3[C@H]4CC[C@H](CC4)[C@@H]3C(=O)O)nc(-c3c[nH]c4ncc(F)cc34)nn12. The Morgan fingerprint density at radius 2 is 2.06 bits per heavy atom. The quantitative estimate of drug-likeness (QED) is 0.414. The number of pyridine rings is 1. The number of anilines is 1. The van der Waals surface area contributed by atoms with E-state index >= 15 is 0 Å². The number of carbonyl (C=O) groups is 1. The smallest absolute Gasteiger partial charge is 0.308 e. The van der Waals surface area contributed by atoms with Gasteiger partial charge in [0.1, 0.15) is 22.7 Å². The number of aliphatic carboxylic acids is 1. The predicted molar refractivity (Wildman–Crippen MR) is 120 cm³/mol. The van der Waals surface area contributed by atoms with E-state index in [1.807, 2.05) is 6.07 Å². The van der Waals surface area contributed by atoms with Crippen molar-refractivity contribution in [1.29, 1.82) is 0 Å². The van der Waals surface area contributed by atoms with E-state index < -0.39 is 17.7 Å². The van der Waals surface area contributed by atoms with E-state index in [9.17, 15) is 14.3 Å². The number of hydrogen-bond donors (Lipinski definition) is 3. The summed E-state index contributed by atoms with van der Waals surface area (Å²) in [5.41, 5.74) is 2.31. The Hall–Kier alpha value is -3.93. The van der Waals surface area contributed by atoms with Gasteiger partial charge >= 0.3 is 5.97 Å². The summed E-state index contributed by atoms with van der Waals surface area (Å²) in [4.78, 5) is 24.0. The second kappa shape index (κ2) is 7.30. The molecule has 0 spiro atoms. The Morgan fingerprint density at radius 1 is 1.27 bits per heavy atom. The van der Waals surface area contributed by atoms with Crippen molar-refractivity contribution < 1.29 is 14.3 Å². The molecule has 2 bridgehead atoms. The highest BCUT2D eigenvalue weighted by atomic mass is 19.1. The average molecular weight is 444 g/mol. The molecule has 3 saturated carbocycles. The Labute approximate surface area is 188 Å². The number of nitrogens with one attached hydrogen (secondary N) is 2. The maximum Gasteiger partial charge on any atom is 0.308 e. The lowest BCUT2D eigenvalue weighted by Crippen LogP contribution is -2.51. The van der Waals surface area contributed by atoms with Crippen molar-refractivity contribution in [2.75, 3.05) is 5.32 Å². The molecule has 2 atom stereocenters. The first-order chi connectivity index (χ1) is 16.0. The van der Waals surface area contributed by atoms with Crippen LogP contribution in [0.15, 0.2) is 30.6 Å². The molecule has 33 heavy (non-hydrogen) atoms. The van der Waals surface area contributed by atoms with Gasteiger partial charge in [0, 0.05) is 23.2 Å².